The van der Waals surface area contributed by atoms with E-state index in [0.29, 0.717) is 5.82 Å². The van der Waals surface area contributed by atoms with Gasteiger partial charge in [0.2, 0.25) is 0 Å². The molecule has 30 heavy (non-hydrogen) atoms. The van der Waals surface area contributed by atoms with Crippen LogP contribution in [0.3, 0.4) is 0 Å². The van der Waals surface area contributed by atoms with Gasteiger partial charge in [-0.2, -0.15) is 0 Å². The molecule has 1 aliphatic heterocycles. The third-order valence-electron chi connectivity index (χ3n) is 5.75. The fourth-order valence-electron chi connectivity index (χ4n) is 4.33. The zero-order valence-electron chi connectivity index (χ0n) is 16.2. The molecule has 2 N–H and O–H groups in total. The summed E-state index contributed by atoms with van der Waals surface area (Å²) in [6, 6.07) is 17.8. The van der Waals surface area contributed by atoms with Gasteiger partial charge in [0, 0.05) is 17.5 Å². The molecule has 0 saturated carbocycles. The van der Waals surface area contributed by atoms with Gasteiger partial charge >= 0.3 is 0 Å². The van der Waals surface area contributed by atoms with E-state index >= 15 is 0 Å². The summed E-state index contributed by atoms with van der Waals surface area (Å²) < 4.78 is 1.76. The van der Waals surface area contributed by atoms with Crippen LogP contribution in [0.25, 0.3) is 27.3 Å². The number of benzene rings is 2. The number of hydrogen-bond donors (Lipinski definition) is 2. The Morgan fingerprint density at radius 2 is 2.00 bits per heavy atom. The molecule has 1 atom stereocenters. The first-order valence-corrected chi connectivity index (χ1v) is 10.9. The van der Waals surface area contributed by atoms with Crippen molar-refractivity contribution < 1.29 is 10.0 Å². The summed E-state index contributed by atoms with van der Waals surface area (Å²) in [7, 11) is 0. The summed E-state index contributed by atoms with van der Waals surface area (Å²) >= 11 is 1.78. The smallest absolute Gasteiger partial charge is 0.182 e. The minimum atomic E-state index is 0.212. The number of rotatable bonds is 3. The van der Waals surface area contributed by atoms with E-state index in [0.717, 1.165) is 47.5 Å². The lowest BCUT2D eigenvalue weighted by Crippen LogP contribution is -3.10. The number of fused-ring (bicyclic) bond motifs is 5. The molecule has 0 bridgehead atoms. The van der Waals surface area contributed by atoms with Crippen LogP contribution in [0.2, 0.25) is 0 Å². The van der Waals surface area contributed by atoms with E-state index in [9.17, 15) is 5.11 Å². The molecular formula is C23H20N5OS+. The highest BCUT2D eigenvalue weighted by Gasteiger charge is 2.26. The number of phenolic OH excluding ortho intramolecular Hbond substituents is 1. The van der Waals surface area contributed by atoms with Crippen LogP contribution in [0.15, 0.2) is 60.9 Å². The van der Waals surface area contributed by atoms with Crippen molar-refractivity contribution in [3.63, 3.8) is 0 Å². The lowest BCUT2D eigenvalue weighted by molar-refractivity contribution is -0.929. The highest BCUT2D eigenvalue weighted by Crippen LogP contribution is 2.34. The second-order valence-corrected chi connectivity index (χ2v) is 8.86. The Kier molecular flexibility index (Phi) is 4.04. The quantitative estimate of drug-likeness (QED) is 0.476. The van der Waals surface area contributed by atoms with E-state index < -0.39 is 0 Å². The molecule has 148 valence electrons. The Balaban J connectivity index is 1.40. The Labute approximate surface area is 177 Å². The minimum absolute atomic E-state index is 0.212. The summed E-state index contributed by atoms with van der Waals surface area (Å²) in [5, 5.41) is 15.5. The predicted molar refractivity (Wildman–Crippen MR) is 117 cm³/mol. The van der Waals surface area contributed by atoms with Crippen molar-refractivity contribution >= 4 is 27.2 Å². The van der Waals surface area contributed by atoms with Crippen LogP contribution in [0.1, 0.15) is 16.0 Å². The molecule has 0 spiro atoms. The van der Waals surface area contributed by atoms with E-state index in [1.54, 1.807) is 45.3 Å². The van der Waals surface area contributed by atoms with Crippen LogP contribution in [0.5, 0.6) is 5.75 Å². The fourth-order valence-corrected chi connectivity index (χ4v) is 5.58. The number of thiophene rings is 1. The van der Waals surface area contributed by atoms with Crippen molar-refractivity contribution in [2.75, 3.05) is 6.54 Å². The molecular weight excluding hydrogens is 394 g/mol. The lowest BCUT2D eigenvalue weighted by atomic mass is 10.0. The highest BCUT2D eigenvalue weighted by molar-refractivity contribution is 7.19. The van der Waals surface area contributed by atoms with Gasteiger partial charge in [-0.25, -0.2) is 14.5 Å². The molecule has 7 heteroatoms. The first kappa shape index (κ1) is 17.6. The first-order chi connectivity index (χ1) is 14.7. The van der Waals surface area contributed by atoms with Crippen molar-refractivity contribution in [1.29, 1.82) is 0 Å². The van der Waals surface area contributed by atoms with E-state index in [1.807, 2.05) is 6.07 Å². The number of aromatic hydroxyl groups is 1. The van der Waals surface area contributed by atoms with Crippen LogP contribution in [-0.4, -0.2) is 31.2 Å². The molecule has 5 aromatic rings. The number of phenols is 1. The summed E-state index contributed by atoms with van der Waals surface area (Å²) in [5.41, 5.74) is 4.40. The van der Waals surface area contributed by atoms with Crippen molar-refractivity contribution in [2.24, 2.45) is 0 Å². The van der Waals surface area contributed by atoms with E-state index in [-0.39, 0.29) is 5.75 Å². The molecule has 0 aliphatic carbocycles. The molecule has 0 amide bonds. The number of aromatic nitrogens is 4. The van der Waals surface area contributed by atoms with E-state index in [4.69, 9.17) is 4.98 Å². The molecule has 0 saturated heterocycles. The summed E-state index contributed by atoms with van der Waals surface area (Å²) in [6.07, 6.45) is 2.76. The Bertz CT molecular complexity index is 1370. The summed E-state index contributed by atoms with van der Waals surface area (Å²) in [5.74, 6) is 0.816. The van der Waals surface area contributed by atoms with E-state index in [1.165, 1.54) is 16.0 Å². The average molecular weight is 415 g/mol. The predicted octanol–water partition coefficient (Wildman–Crippen LogP) is 2.85. The second kappa shape index (κ2) is 6.90. The topological polar surface area (TPSA) is 67.8 Å². The number of hydrogen-bond acceptors (Lipinski definition) is 5. The summed E-state index contributed by atoms with van der Waals surface area (Å²) in [6.45, 7) is 3.16. The standard InChI is InChI=1S/C23H19N5OS/c29-17-8-4-7-16(11-17)21-25-22-20-18-9-10-27(12-15-5-2-1-3-6-15)13-19(18)30-23(20)24-14-28(22)26-21/h1-8,11,14,29H,9-10,12-13H2/p+1. The summed E-state index contributed by atoms with van der Waals surface area (Å²) in [4.78, 5) is 13.5. The molecule has 0 radical (unpaired) electrons. The SMILES string of the molecule is Oc1cccc(-c2nc3c4c5c(sc4ncn3n2)C[NH+](Cc2ccccc2)CC5)c1. The average Bonchev–Trinajstić information content (AvgIpc) is 3.35. The van der Waals surface area contributed by atoms with Crippen LogP contribution in [0, 0.1) is 0 Å². The van der Waals surface area contributed by atoms with Crippen LogP contribution in [0.4, 0.5) is 0 Å². The van der Waals surface area contributed by atoms with Gasteiger partial charge in [0.15, 0.2) is 11.5 Å². The van der Waals surface area contributed by atoms with Crippen molar-refractivity contribution in [3.05, 3.63) is 76.9 Å². The Hall–Kier alpha value is -3.29. The van der Waals surface area contributed by atoms with Gasteiger partial charge < -0.3 is 10.0 Å². The van der Waals surface area contributed by atoms with Gasteiger partial charge in [0.25, 0.3) is 0 Å². The van der Waals surface area contributed by atoms with Crippen molar-refractivity contribution in [3.8, 4) is 17.1 Å². The van der Waals surface area contributed by atoms with Gasteiger partial charge in [-0.05, 0) is 17.7 Å². The van der Waals surface area contributed by atoms with Crippen LogP contribution < -0.4 is 4.90 Å². The van der Waals surface area contributed by atoms with Crippen molar-refractivity contribution in [2.45, 2.75) is 19.5 Å². The molecule has 6 rings (SSSR count). The zero-order valence-corrected chi connectivity index (χ0v) is 17.1. The molecule has 6 nitrogen and oxygen atoms in total. The maximum Gasteiger partial charge on any atom is 0.182 e. The largest absolute Gasteiger partial charge is 0.508 e. The maximum absolute atomic E-state index is 9.80. The number of nitrogens with zero attached hydrogens (tertiary/aromatic N) is 4. The molecule has 1 unspecified atom stereocenters. The third kappa shape index (κ3) is 2.94. The molecule has 0 fully saturated rings. The molecule has 2 aromatic carbocycles. The highest BCUT2D eigenvalue weighted by atomic mass is 32.1. The monoisotopic (exact) mass is 414 g/mol. The van der Waals surface area contributed by atoms with Gasteiger partial charge in [-0.15, -0.1) is 16.4 Å². The Morgan fingerprint density at radius 1 is 1.10 bits per heavy atom. The maximum atomic E-state index is 9.80. The van der Waals surface area contributed by atoms with Crippen LogP contribution in [-0.2, 0) is 19.5 Å². The zero-order chi connectivity index (χ0) is 20.1. The number of quaternary nitrogens is 1. The second-order valence-electron chi connectivity index (χ2n) is 7.77. The minimum Gasteiger partial charge on any atom is -0.508 e. The van der Waals surface area contributed by atoms with E-state index in [2.05, 4.69) is 40.4 Å². The first-order valence-electron chi connectivity index (χ1n) is 10.1. The van der Waals surface area contributed by atoms with Gasteiger partial charge in [0.1, 0.15) is 30.0 Å². The lowest BCUT2D eigenvalue weighted by Gasteiger charge is -2.24. The van der Waals surface area contributed by atoms with Gasteiger partial charge in [-0.3, -0.25) is 0 Å². The van der Waals surface area contributed by atoms with Gasteiger partial charge in [0.05, 0.1) is 16.8 Å². The molecule has 4 heterocycles. The van der Waals surface area contributed by atoms with Crippen molar-refractivity contribution in [1.82, 2.24) is 19.6 Å². The normalized spacial score (nSPS) is 16.2. The molecule has 3 aromatic heterocycles. The Morgan fingerprint density at radius 3 is 2.87 bits per heavy atom. The van der Waals surface area contributed by atoms with Gasteiger partial charge in [-0.1, -0.05) is 42.5 Å². The number of nitrogens with one attached hydrogen (secondary N) is 1. The van der Waals surface area contributed by atoms with Crippen LogP contribution >= 0.6 is 11.3 Å². The fraction of sp³-hybridized carbons (Fsp3) is 0.174. The molecule has 1 aliphatic rings. The third-order valence-corrected chi connectivity index (χ3v) is 6.89.